The molecule has 0 amide bonds. The molecular formula is C13H14N6OS2. The summed E-state index contributed by atoms with van der Waals surface area (Å²) >= 11 is 6.43. The Balaban J connectivity index is 2.15. The van der Waals surface area contributed by atoms with Crippen LogP contribution >= 0.6 is 24.0 Å². The second-order valence-corrected chi connectivity index (χ2v) is 5.23. The van der Waals surface area contributed by atoms with Gasteiger partial charge in [0.1, 0.15) is 5.03 Å². The van der Waals surface area contributed by atoms with E-state index in [1.54, 1.807) is 30.6 Å². The number of methoxy groups -OCH3 is 1. The Morgan fingerprint density at radius 2 is 2.18 bits per heavy atom. The van der Waals surface area contributed by atoms with Crippen molar-refractivity contribution in [2.24, 2.45) is 0 Å². The Hall–Kier alpha value is -2.26. The average molecular weight is 334 g/mol. The van der Waals surface area contributed by atoms with E-state index in [0.29, 0.717) is 33.7 Å². The number of aromatic nitrogens is 4. The SMILES string of the molecule is C=CCNC(=S)Nc1nc(OC)cc(Sc2ncccn2)n1. The highest BCUT2D eigenvalue weighted by atomic mass is 32.2. The van der Waals surface area contributed by atoms with Gasteiger partial charge >= 0.3 is 0 Å². The van der Waals surface area contributed by atoms with Crippen LogP contribution in [0, 0.1) is 0 Å². The topological polar surface area (TPSA) is 84.9 Å². The van der Waals surface area contributed by atoms with Gasteiger partial charge in [-0.2, -0.15) is 4.98 Å². The molecule has 0 atom stereocenters. The van der Waals surface area contributed by atoms with Crippen molar-refractivity contribution < 1.29 is 4.74 Å². The molecule has 2 aromatic heterocycles. The summed E-state index contributed by atoms with van der Waals surface area (Å²) in [5.74, 6) is 0.752. The third-order valence-corrected chi connectivity index (χ3v) is 3.32. The Morgan fingerprint density at radius 3 is 2.86 bits per heavy atom. The van der Waals surface area contributed by atoms with Crippen molar-refractivity contribution >= 4 is 35.0 Å². The summed E-state index contributed by atoms with van der Waals surface area (Å²) in [6, 6.07) is 3.45. The van der Waals surface area contributed by atoms with Gasteiger partial charge in [-0.15, -0.1) is 6.58 Å². The van der Waals surface area contributed by atoms with E-state index >= 15 is 0 Å². The third-order valence-electron chi connectivity index (χ3n) is 2.26. The number of anilines is 1. The van der Waals surface area contributed by atoms with Crippen molar-refractivity contribution in [1.82, 2.24) is 25.3 Å². The zero-order valence-corrected chi connectivity index (χ0v) is 13.4. The number of rotatable bonds is 6. The fourth-order valence-corrected chi connectivity index (χ4v) is 2.24. The number of nitrogens with one attached hydrogen (secondary N) is 2. The molecule has 0 radical (unpaired) electrons. The number of ether oxygens (including phenoxy) is 1. The fraction of sp³-hybridized carbons (Fsp3) is 0.154. The number of thiocarbonyl (C=S) groups is 1. The van der Waals surface area contributed by atoms with Gasteiger partial charge < -0.3 is 15.4 Å². The predicted molar refractivity (Wildman–Crippen MR) is 89.2 cm³/mol. The summed E-state index contributed by atoms with van der Waals surface area (Å²) in [6.07, 6.45) is 5.04. The third kappa shape index (κ3) is 4.93. The first-order valence-corrected chi connectivity index (χ1v) is 7.47. The smallest absolute Gasteiger partial charge is 0.233 e. The van der Waals surface area contributed by atoms with Gasteiger partial charge in [0.05, 0.1) is 7.11 Å². The summed E-state index contributed by atoms with van der Waals surface area (Å²) < 4.78 is 5.17. The molecule has 2 N–H and O–H groups in total. The van der Waals surface area contributed by atoms with Crippen LogP contribution in [0.3, 0.4) is 0 Å². The van der Waals surface area contributed by atoms with Gasteiger partial charge in [-0.1, -0.05) is 6.08 Å². The largest absolute Gasteiger partial charge is 0.481 e. The zero-order valence-electron chi connectivity index (χ0n) is 11.8. The maximum absolute atomic E-state index is 5.17. The van der Waals surface area contributed by atoms with Crippen LogP contribution in [0.5, 0.6) is 5.88 Å². The molecule has 0 bridgehead atoms. The van der Waals surface area contributed by atoms with E-state index in [1.807, 2.05) is 0 Å². The fourth-order valence-electron chi connectivity index (χ4n) is 1.36. The maximum atomic E-state index is 5.17. The van der Waals surface area contributed by atoms with E-state index < -0.39 is 0 Å². The lowest BCUT2D eigenvalue weighted by Gasteiger charge is -2.09. The molecule has 0 saturated carbocycles. The Kier molecular flexibility index (Phi) is 6.04. The Bertz CT molecular complexity index is 652. The van der Waals surface area contributed by atoms with Crippen LogP contribution in [0.25, 0.3) is 0 Å². The van der Waals surface area contributed by atoms with Crippen molar-refractivity contribution in [2.75, 3.05) is 19.0 Å². The Labute approximate surface area is 137 Å². The molecule has 0 aliphatic carbocycles. The summed E-state index contributed by atoms with van der Waals surface area (Å²) in [6.45, 7) is 4.16. The Morgan fingerprint density at radius 1 is 1.41 bits per heavy atom. The highest BCUT2D eigenvalue weighted by molar-refractivity contribution is 7.99. The highest BCUT2D eigenvalue weighted by Gasteiger charge is 2.09. The molecule has 0 fully saturated rings. The van der Waals surface area contributed by atoms with Crippen molar-refractivity contribution in [2.45, 2.75) is 10.2 Å². The van der Waals surface area contributed by atoms with E-state index in [0.717, 1.165) is 0 Å². The molecule has 2 rings (SSSR count). The molecule has 0 unspecified atom stereocenters. The van der Waals surface area contributed by atoms with E-state index in [4.69, 9.17) is 17.0 Å². The second kappa shape index (κ2) is 8.25. The molecule has 0 aliphatic heterocycles. The van der Waals surface area contributed by atoms with Gasteiger partial charge in [0.2, 0.25) is 11.8 Å². The van der Waals surface area contributed by atoms with E-state index in [-0.39, 0.29) is 0 Å². The lowest BCUT2D eigenvalue weighted by molar-refractivity contribution is 0.396. The molecule has 0 saturated heterocycles. The summed E-state index contributed by atoms with van der Waals surface area (Å²) in [7, 11) is 1.54. The van der Waals surface area contributed by atoms with Crippen molar-refractivity contribution in [3.8, 4) is 5.88 Å². The monoisotopic (exact) mass is 334 g/mol. The molecule has 0 spiro atoms. The number of hydrogen-bond donors (Lipinski definition) is 2. The van der Waals surface area contributed by atoms with Crippen LogP contribution in [-0.2, 0) is 0 Å². The minimum Gasteiger partial charge on any atom is -0.481 e. The van der Waals surface area contributed by atoms with Crippen LogP contribution in [0.15, 0.2) is 47.4 Å². The predicted octanol–water partition coefficient (Wildman–Crippen LogP) is 1.90. The van der Waals surface area contributed by atoms with E-state index in [1.165, 1.54) is 18.9 Å². The molecule has 9 heteroatoms. The standard InChI is InChI=1S/C13H14N6OS2/c1-3-5-14-12(21)19-11-17-9(20-2)8-10(18-11)22-13-15-6-4-7-16-13/h3-4,6-8H,1,5H2,2H3,(H2,14,17,18,19,21). The first-order chi connectivity index (χ1) is 10.7. The minimum absolute atomic E-state index is 0.333. The van der Waals surface area contributed by atoms with Crippen molar-refractivity contribution in [3.63, 3.8) is 0 Å². The maximum Gasteiger partial charge on any atom is 0.233 e. The lowest BCUT2D eigenvalue weighted by atomic mass is 10.6. The highest BCUT2D eigenvalue weighted by Crippen LogP contribution is 2.25. The summed E-state index contributed by atoms with van der Waals surface area (Å²) in [5.41, 5.74) is 0. The molecule has 7 nitrogen and oxygen atoms in total. The second-order valence-electron chi connectivity index (χ2n) is 3.83. The lowest BCUT2D eigenvalue weighted by Crippen LogP contribution is -2.29. The molecule has 0 aromatic carbocycles. The first-order valence-electron chi connectivity index (χ1n) is 6.25. The average Bonchev–Trinajstić information content (AvgIpc) is 2.53. The van der Waals surface area contributed by atoms with Gasteiger partial charge in [0, 0.05) is 25.0 Å². The van der Waals surface area contributed by atoms with E-state index in [9.17, 15) is 0 Å². The zero-order chi connectivity index (χ0) is 15.8. The molecule has 2 aromatic rings. The molecular weight excluding hydrogens is 320 g/mol. The van der Waals surface area contributed by atoms with Crippen LogP contribution < -0.4 is 15.4 Å². The van der Waals surface area contributed by atoms with Crippen LogP contribution in [-0.4, -0.2) is 38.7 Å². The van der Waals surface area contributed by atoms with Gasteiger partial charge in [-0.3, -0.25) is 0 Å². The first kappa shape index (κ1) is 16.1. The number of hydrogen-bond acceptors (Lipinski definition) is 7. The number of nitrogens with zero attached hydrogens (tertiary/aromatic N) is 4. The van der Waals surface area contributed by atoms with Gasteiger partial charge in [0.25, 0.3) is 0 Å². The molecule has 2 heterocycles. The van der Waals surface area contributed by atoms with E-state index in [2.05, 4.69) is 37.1 Å². The van der Waals surface area contributed by atoms with Crippen LogP contribution in [0.4, 0.5) is 5.95 Å². The van der Waals surface area contributed by atoms with Crippen LogP contribution in [0.1, 0.15) is 0 Å². The van der Waals surface area contributed by atoms with Crippen LogP contribution in [0.2, 0.25) is 0 Å². The molecule has 22 heavy (non-hydrogen) atoms. The quantitative estimate of drug-likeness (QED) is 0.356. The normalized spacial score (nSPS) is 9.86. The summed E-state index contributed by atoms with van der Waals surface area (Å²) in [5, 5.41) is 7.46. The molecule has 0 aliphatic rings. The van der Waals surface area contributed by atoms with Crippen molar-refractivity contribution in [3.05, 3.63) is 37.2 Å². The summed E-state index contributed by atoms with van der Waals surface area (Å²) in [4.78, 5) is 16.8. The van der Waals surface area contributed by atoms with Gasteiger partial charge in [-0.05, 0) is 30.0 Å². The van der Waals surface area contributed by atoms with Gasteiger partial charge in [0.15, 0.2) is 10.3 Å². The van der Waals surface area contributed by atoms with Gasteiger partial charge in [-0.25, -0.2) is 15.0 Å². The molecule has 114 valence electrons. The minimum atomic E-state index is 0.333. The van der Waals surface area contributed by atoms with Crippen molar-refractivity contribution in [1.29, 1.82) is 0 Å².